The fraction of sp³-hybridized carbons (Fsp3) is 0.320. The van der Waals surface area contributed by atoms with Crippen molar-refractivity contribution >= 4 is 17.7 Å². The first kappa shape index (κ1) is 22.3. The lowest BCUT2D eigenvalue weighted by atomic mass is 10.1. The molecule has 0 aliphatic heterocycles. The first-order valence-corrected chi connectivity index (χ1v) is 10.3. The van der Waals surface area contributed by atoms with Crippen molar-refractivity contribution in [3.05, 3.63) is 72.3 Å². The van der Waals surface area contributed by atoms with Gasteiger partial charge in [-0.2, -0.15) is 0 Å². The maximum atomic E-state index is 12.0. The molecule has 2 N–H and O–H groups in total. The largest absolute Gasteiger partial charge is 0.508 e. The second-order valence-electron chi connectivity index (χ2n) is 6.92. The summed E-state index contributed by atoms with van der Waals surface area (Å²) in [6, 6.07) is 14.0. The van der Waals surface area contributed by atoms with Crippen molar-refractivity contribution in [3.8, 4) is 11.5 Å². The molecule has 0 atom stereocenters. The number of carbonyl (C=O) groups excluding carboxylic acids is 1. The summed E-state index contributed by atoms with van der Waals surface area (Å²) in [5.41, 5.74) is 1.55. The quantitative estimate of drug-likeness (QED) is 0.251. The summed E-state index contributed by atoms with van der Waals surface area (Å²) in [5.74, 6) is 0.760. The molecule has 0 aromatic heterocycles. The SMILES string of the molecule is CCCCCCCC=CCOc1ccc(NC(=O)/C=C/c2ccc(O)cc2)cc1. The van der Waals surface area contributed by atoms with Gasteiger partial charge in [-0.05, 0) is 60.9 Å². The van der Waals surface area contributed by atoms with Crippen LogP contribution in [0.3, 0.4) is 0 Å². The molecule has 0 spiro atoms. The minimum absolute atomic E-state index is 0.201. The predicted octanol–water partition coefficient (Wildman–Crippen LogP) is 6.34. The van der Waals surface area contributed by atoms with Gasteiger partial charge in [0, 0.05) is 11.8 Å². The molecular formula is C25H31NO3. The van der Waals surface area contributed by atoms with Gasteiger partial charge in [0.15, 0.2) is 0 Å². The first-order chi connectivity index (χ1) is 14.2. The zero-order valence-electron chi connectivity index (χ0n) is 17.1. The molecule has 2 aromatic rings. The highest BCUT2D eigenvalue weighted by Gasteiger charge is 1.99. The van der Waals surface area contributed by atoms with Gasteiger partial charge in [0.2, 0.25) is 5.91 Å². The molecule has 0 unspecified atom stereocenters. The molecule has 2 rings (SSSR count). The van der Waals surface area contributed by atoms with E-state index in [1.807, 2.05) is 24.3 Å². The number of rotatable bonds is 12. The standard InChI is InChI=1S/C25H31NO3/c1-2-3-4-5-6-7-8-9-20-29-24-17-13-22(14-18-24)26-25(28)19-12-21-10-15-23(27)16-11-21/h8-19,27H,2-7,20H2,1H3,(H,26,28)/b9-8?,19-12+. The van der Waals surface area contributed by atoms with E-state index in [9.17, 15) is 9.90 Å². The monoisotopic (exact) mass is 393 g/mol. The van der Waals surface area contributed by atoms with E-state index in [2.05, 4.69) is 24.4 Å². The molecule has 0 fully saturated rings. The van der Waals surface area contributed by atoms with Crippen LogP contribution >= 0.6 is 0 Å². The number of hydrogen-bond donors (Lipinski definition) is 2. The number of hydrogen-bond acceptors (Lipinski definition) is 3. The van der Waals surface area contributed by atoms with Gasteiger partial charge in [-0.3, -0.25) is 4.79 Å². The van der Waals surface area contributed by atoms with Crippen LogP contribution in [0.1, 0.15) is 51.0 Å². The summed E-state index contributed by atoms with van der Waals surface area (Å²) in [5, 5.41) is 12.1. The second-order valence-corrected chi connectivity index (χ2v) is 6.92. The molecule has 0 radical (unpaired) electrons. The maximum absolute atomic E-state index is 12.0. The van der Waals surface area contributed by atoms with E-state index in [1.165, 1.54) is 38.2 Å². The minimum Gasteiger partial charge on any atom is -0.508 e. The van der Waals surface area contributed by atoms with Crippen LogP contribution in [0.2, 0.25) is 0 Å². The van der Waals surface area contributed by atoms with Crippen LogP contribution in [0, 0.1) is 0 Å². The Morgan fingerprint density at radius 2 is 1.69 bits per heavy atom. The van der Waals surface area contributed by atoms with Crippen LogP contribution < -0.4 is 10.1 Å². The average Bonchev–Trinajstić information content (AvgIpc) is 2.73. The molecule has 154 valence electrons. The number of anilines is 1. The van der Waals surface area contributed by atoms with Gasteiger partial charge in [0.05, 0.1) is 0 Å². The van der Waals surface area contributed by atoms with Crippen LogP contribution in [-0.4, -0.2) is 17.6 Å². The number of phenols is 1. The third-order valence-corrected chi connectivity index (χ3v) is 4.43. The number of ether oxygens (including phenoxy) is 1. The van der Waals surface area contributed by atoms with E-state index < -0.39 is 0 Å². The number of aromatic hydroxyl groups is 1. The third-order valence-electron chi connectivity index (χ3n) is 4.43. The van der Waals surface area contributed by atoms with Gasteiger partial charge in [-0.1, -0.05) is 56.9 Å². The molecule has 4 heteroatoms. The molecule has 29 heavy (non-hydrogen) atoms. The Morgan fingerprint density at radius 3 is 2.41 bits per heavy atom. The molecule has 0 heterocycles. The van der Waals surface area contributed by atoms with E-state index in [4.69, 9.17) is 4.74 Å². The van der Waals surface area contributed by atoms with Gasteiger partial charge in [-0.15, -0.1) is 0 Å². The van der Waals surface area contributed by atoms with Crippen LogP contribution in [0.5, 0.6) is 11.5 Å². The Kier molecular flexibility index (Phi) is 10.2. The smallest absolute Gasteiger partial charge is 0.248 e. The topological polar surface area (TPSA) is 58.6 Å². The summed E-state index contributed by atoms with van der Waals surface area (Å²) in [7, 11) is 0. The number of benzene rings is 2. The predicted molar refractivity (Wildman–Crippen MR) is 120 cm³/mol. The maximum Gasteiger partial charge on any atom is 0.248 e. The third kappa shape index (κ3) is 9.65. The Bertz CT molecular complexity index is 777. The van der Waals surface area contributed by atoms with Gasteiger partial charge >= 0.3 is 0 Å². The van der Waals surface area contributed by atoms with E-state index in [1.54, 1.807) is 30.3 Å². The number of allylic oxidation sites excluding steroid dienone is 1. The molecule has 0 bridgehead atoms. The first-order valence-electron chi connectivity index (χ1n) is 10.3. The summed E-state index contributed by atoms with van der Waals surface area (Å²) in [4.78, 5) is 12.0. The Hall–Kier alpha value is -3.01. The number of nitrogens with one attached hydrogen (secondary N) is 1. The van der Waals surface area contributed by atoms with Crippen LogP contribution in [0.25, 0.3) is 6.08 Å². The zero-order chi connectivity index (χ0) is 20.7. The fourth-order valence-corrected chi connectivity index (χ4v) is 2.77. The van der Waals surface area contributed by atoms with Gasteiger partial charge < -0.3 is 15.2 Å². The number of carbonyl (C=O) groups is 1. The Labute approximate surface area is 173 Å². The normalized spacial score (nSPS) is 11.2. The summed E-state index contributed by atoms with van der Waals surface area (Å²) in [6.07, 6.45) is 15.0. The Morgan fingerprint density at radius 1 is 0.966 bits per heavy atom. The van der Waals surface area contributed by atoms with E-state index in [0.29, 0.717) is 12.3 Å². The lowest BCUT2D eigenvalue weighted by Crippen LogP contribution is -2.07. The molecular weight excluding hydrogens is 362 g/mol. The van der Waals surface area contributed by atoms with Crippen molar-refractivity contribution < 1.29 is 14.6 Å². The summed E-state index contributed by atoms with van der Waals surface area (Å²) in [6.45, 7) is 2.78. The van der Waals surface area contributed by atoms with Crippen molar-refractivity contribution in [3.63, 3.8) is 0 Å². The van der Waals surface area contributed by atoms with E-state index in [0.717, 1.165) is 17.7 Å². The molecule has 0 saturated heterocycles. The molecule has 0 aliphatic carbocycles. The summed E-state index contributed by atoms with van der Waals surface area (Å²) < 4.78 is 5.69. The van der Waals surface area contributed by atoms with E-state index >= 15 is 0 Å². The number of phenolic OH excluding ortho intramolecular Hbond substituents is 1. The fourth-order valence-electron chi connectivity index (χ4n) is 2.77. The summed E-state index contributed by atoms with van der Waals surface area (Å²) >= 11 is 0. The van der Waals surface area contributed by atoms with Gasteiger partial charge in [0.25, 0.3) is 0 Å². The van der Waals surface area contributed by atoms with Crippen molar-refractivity contribution in [1.29, 1.82) is 0 Å². The molecule has 1 amide bonds. The van der Waals surface area contributed by atoms with Crippen LogP contribution in [-0.2, 0) is 4.79 Å². The van der Waals surface area contributed by atoms with Crippen molar-refractivity contribution in [2.24, 2.45) is 0 Å². The molecule has 4 nitrogen and oxygen atoms in total. The Balaban J connectivity index is 1.67. The molecule has 2 aromatic carbocycles. The average molecular weight is 394 g/mol. The van der Waals surface area contributed by atoms with Gasteiger partial charge in [-0.25, -0.2) is 0 Å². The van der Waals surface area contributed by atoms with Crippen LogP contribution in [0.15, 0.2) is 66.8 Å². The zero-order valence-corrected chi connectivity index (χ0v) is 17.1. The van der Waals surface area contributed by atoms with Gasteiger partial charge in [0.1, 0.15) is 18.1 Å². The highest BCUT2D eigenvalue weighted by molar-refractivity contribution is 6.01. The lowest BCUT2D eigenvalue weighted by molar-refractivity contribution is -0.111. The number of unbranched alkanes of at least 4 members (excludes halogenated alkanes) is 5. The second kappa shape index (κ2) is 13.2. The van der Waals surface area contributed by atoms with Crippen molar-refractivity contribution in [2.75, 3.05) is 11.9 Å². The highest BCUT2D eigenvalue weighted by Crippen LogP contribution is 2.16. The lowest BCUT2D eigenvalue weighted by Gasteiger charge is -2.06. The minimum atomic E-state index is -0.214. The van der Waals surface area contributed by atoms with Crippen molar-refractivity contribution in [1.82, 2.24) is 0 Å². The van der Waals surface area contributed by atoms with Crippen LogP contribution in [0.4, 0.5) is 5.69 Å². The number of amides is 1. The molecule has 0 aliphatic rings. The highest BCUT2D eigenvalue weighted by atomic mass is 16.5. The van der Waals surface area contributed by atoms with E-state index in [-0.39, 0.29) is 11.7 Å². The van der Waals surface area contributed by atoms with Crippen molar-refractivity contribution in [2.45, 2.75) is 45.4 Å². The molecule has 0 saturated carbocycles.